The highest BCUT2D eigenvalue weighted by Crippen LogP contribution is 2.20. The van der Waals surface area contributed by atoms with Crippen molar-refractivity contribution in [3.05, 3.63) is 29.8 Å². The summed E-state index contributed by atoms with van der Waals surface area (Å²) in [6.07, 6.45) is 2.03. The van der Waals surface area contributed by atoms with Crippen molar-refractivity contribution in [3.63, 3.8) is 0 Å². The van der Waals surface area contributed by atoms with Crippen molar-refractivity contribution in [2.45, 2.75) is 11.3 Å². The van der Waals surface area contributed by atoms with Crippen LogP contribution in [0.15, 0.2) is 29.2 Å². The van der Waals surface area contributed by atoms with Gasteiger partial charge in [-0.25, -0.2) is 4.79 Å². The SMILES string of the molecule is COC(=O)C(=O)Cc1ccccc1SC. The van der Waals surface area contributed by atoms with Crippen LogP contribution >= 0.6 is 11.8 Å². The normalized spacial score (nSPS) is 9.73. The molecule has 0 aromatic heterocycles. The summed E-state index contributed by atoms with van der Waals surface area (Å²) in [5.74, 6) is -1.30. The third-order valence-electron chi connectivity index (χ3n) is 1.96. The maximum absolute atomic E-state index is 11.3. The first-order valence-corrected chi connectivity index (χ1v) is 5.64. The van der Waals surface area contributed by atoms with Gasteiger partial charge in [-0.3, -0.25) is 4.79 Å². The van der Waals surface area contributed by atoms with E-state index in [-0.39, 0.29) is 6.42 Å². The topological polar surface area (TPSA) is 43.4 Å². The molecule has 0 N–H and O–H groups in total. The van der Waals surface area contributed by atoms with Crippen LogP contribution in [0.2, 0.25) is 0 Å². The number of ether oxygens (including phenoxy) is 1. The minimum atomic E-state index is -0.786. The van der Waals surface area contributed by atoms with Crippen molar-refractivity contribution in [3.8, 4) is 0 Å². The number of hydrogen-bond acceptors (Lipinski definition) is 4. The summed E-state index contributed by atoms with van der Waals surface area (Å²) in [5, 5.41) is 0. The van der Waals surface area contributed by atoms with E-state index in [1.165, 1.54) is 7.11 Å². The van der Waals surface area contributed by atoms with Crippen molar-refractivity contribution < 1.29 is 14.3 Å². The van der Waals surface area contributed by atoms with Crippen molar-refractivity contribution in [1.29, 1.82) is 0 Å². The average molecular weight is 224 g/mol. The highest BCUT2D eigenvalue weighted by Gasteiger charge is 2.15. The van der Waals surface area contributed by atoms with Gasteiger partial charge >= 0.3 is 5.97 Å². The van der Waals surface area contributed by atoms with Gasteiger partial charge in [0.2, 0.25) is 5.78 Å². The fourth-order valence-electron chi connectivity index (χ4n) is 1.21. The summed E-state index contributed by atoms with van der Waals surface area (Å²) >= 11 is 1.55. The Bertz CT molecular complexity index is 374. The van der Waals surface area contributed by atoms with Gasteiger partial charge in [0, 0.05) is 11.3 Å². The van der Waals surface area contributed by atoms with E-state index in [1.807, 2.05) is 30.5 Å². The van der Waals surface area contributed by atoms with Crippen LogP contribution in [0.5, 0.6) is 0 Å². The minimum Gasteiger partial charge on any atom is -0.463 e. The molecule has 80 valence electrons. The predicted octanol–water partition coefficient (Wildman–Crippen LogP) is 1.69. The molecule has 0 saturated heterocycles. The lowest BCUT2D eigenvalue weighted by molar-refractivity contribution is -0.151. The van der Waals surface area contributed by atoms with E-state index in [4.69, 9.17) is 0 Å². The molecule has 0 heterocycles. The minimum absolute atomic E-state index is 0.101. The summed E-state index contributed by atoms with van der Waals surface area (Å²) in [7, 11) is 1.21. The fraction of sp³-hybridized carbons (Fsp3) is 0.273. The Kier molecular flexibility index (Phi) is 4.37. The molecule has 0 spiro atoms. The largest absolute Gasteiger partial charge is 0.463 e. The lowest BCUT2D eigenvalue weighted by Gasteiger charge is -2.04. The molecule has 1 rings (SSSR count). The van der Waals surface area contributed by atoms with Gasteiger partial charge in [-0.15, -0.1) is 11.8 Å². The molecule has 0 aliphatic heterocycles. The van der Waals surface area contributed by atoms with Crippen LogP contribution in [-0.4, -0.2) is 25.1 Å². The smallest absolute Gasteiger partial charge is 0.374 e. The quantitative estimate of drug-likeness (QED) is 0.443. The number of carbonyl (C=O) groups is 2. The van der Waals surface area contributed by atoms with Gasteiger partial charge in [0.05, 0.1) is 7.11 Å². The fourth-order valence-corrected chi connectivity index (χ4v) is 1.83. The van der Waals surface area contributed by atoms with E-state index >= 15 is 0 Å². The van der Waals surface area contributed by atoms with Crippen LogP contribution in [-0.2, 0) is 20.7 Å². The summed E-state index contributed by atoms with van der Waals surface area (Å²) in [4.78, 5) is 23.3. The van der Waals surface area contributed by atoms with Gasteiger partial charge < -0.3 is 4.74 Å². The van der Waals surface area contributed by atoms with Crippen molar-refractivity contribution in [1.82, 2.24) is 0 Å². The lowest BCUT2D eigenvalue weighted by Crippen LogP contribution is -2.18. The maximum Gasteiger partial charge on any atom is 0.374 e. The van der Waals surface area contributed by atoms with E-state index in [2.05, 4.69) is 4.74 Å². The molecule has 0 radical (unpaired) electrons. The van der Waals surface area contributed by atoms with Gasteiger partial charge in [0.25, 0.3) is 0 Å². The van der Waals surface area contributed by atoms with Crippen molar-refractivity contribution in [2.75, 3.05) is 13.4 Å². The zero-order valence-electron chi connectivity index (χ0n) is 8.65. The molecule has 0 aliphatic rings. The Morgan fingerprint density at radius 1 is 1.33 bits per heavy atom. The molecule has 1 aromatic rings. The molecule has 15 heavy (non-hydrogen) atoms. The Morgan fingerprint density at radius 2 is 2.00 bits per heavy atom. The number of ketones is 1. The van der Waals surface area contributed by atoms with Crippen LogP contribution in [0.1, 0.15) is 5.56 Å². The number of carbonyl (C=O) groups excluding carboxylic acids is 2. The molecule has 3 nitrogen and oxygen atoms in total. The van der Waals surface area contributed by atoms with Gasteiger partial charge in [-0.1, -0.05) is 18.2 Å². The predicted molar refractivity (Wildman–Crippen MR) is 59.0 cm³/mol. The number of benzene rings is 1. The molecule has 4 heteroatoms. The lowest BCUT2D eigenvalue weighted by atomic mass is 10.1. The second kappa shape index (κ2) is 5.56. The molecular weight excluding hydrogens is 212 g/mol. The molecule has 0 bridgehead atoms. The highest BCUT2D eigenvalue weighted by atomic mass is 32.2. The summed E-state index contributed by atoms with van der Waals surface area (Å²) in [5.41, 5.74) is 0.861. The van der Waals surface area contributed by atoms with E-state index in [0.29, 0.717) is 0 Å². The van der Waals surface area contributed by atoms with Crippen molar-refractivity contribution in [2.24, 2.45) is 0 Å². The van der Waals surface area contributed by atoms with E-state index in [1.54, 1.807) is 11.8 Å². The zero-order valence-corrected chi connectivity index (χ0v) is 9.47. The molecule has 0 aliphatic carbocycles. The van der Waals surface area contributed by atoms with Gasteiger partial charge in [0.15, 0.2) is 0 Å². The van der Waals surface area contributed by atoms with E-state index < -0.39 is 11.8 Å². The second-order valence-corrected chi connectivity index (χ2v) is 3.75. The number of thioether (sulfide) groups is 1. The average Bonchev–Trinajstić information content (AvgIpc) is 2.28. The summed E-state index contributed by atoms with van der Waals surface area (Å²) in [6.45, 7) is 0. The molecule has 0 fully saturated rings. The highest BCUT2D eigenvalue weighted by molar-refractivity contribution is 7.98. The van der Waals surface area contributed by atoms with Crippen LogP contribution in [0.3, 0.4) is 0 Å². The van der Waals surface area contributed by atoms with Crippen LogP contribution in [0.25, 0.3) is 0 Å². The summed E-state index contributed by atoms with van der Waals surface area (Å²) in [6, 6.07) is 7.51. The third-order valence-corrected chi connectivity index (χ3v) is 2.79. The Labute approximate surface area is 92.8 Å². The van der Waals surface area contributed by atoms with Crippen LogP contribution < -0.4 is 0 Å². The number of Topliss-reactive ketones (excluding diaryl/α,β-unsaturated/α-hetero) is 1. The molecule has 0 unspecified atom stereocenters. The number of rotatable bonds is 4. The Balaban J connectivity index is 2.80. The Morgan fingerprint density at radius 3 is 2.60 bits per heavy atom. The van der Waals surface area contributed by atoms with E-state index in [0.717, 1.165) is 10.5 Å². The standard InChI is InChI=1S/C11H12O3S/c1-14-11(13)9(12)7-8-5-3-4-6-10(8)15-2/h3-6H,7H2,1-2H3. The molecule has 0 amide bonds. The monoisotopic (exact) mass is 224 g/mol. The van der Waals surface area contributed by atoms with Crippen LogP contribution in [0.4, 0.5) is 0 Å². The number of esters is 1. The summed E-state index contributed by atoms with van der Waals surface area (Å²) < 4.78 is 4.36. The molecule has 0 saturated carbocycles. The van der Waals surface area contributed by atoms with Gasteiger partial charge in [-0.05, 0) is 17.9 Å². The zero-order chi connectivity index (χ0) is 11.3. The van der Waals surface area contributed by atoms with E-state index in [9.17, 15) is 9.59 Å². The van der Waals surface area contributed by atoms with Gasteiger partial charge in [-0.2, -0.15) is 0 Å². The first kappa shape index (κ1) is 11.8. The molecule has 1 aromatic carbocycles. The second-order valence-electron chi connectivity index (χ2n) is 2.90. The first-order chi connectivity index (χ1) is 7.19. The van der Waals surface area contributed by atoms with Crippen LogP contribution in [0, 0.1) is 0 Å². The number of hydrogen-bond donors (Lipinski definition) is 0. The maximum atomic E-state index is 11.3. The first-order valence-electron chi connectivity index (χ1n) is 4.42. The Hall–Kier alpha value is -1.29. The van der Waals surface area contributed by atoms with Crippen molar-refractivity contribution >= 4 is 23.5 Å². The molecular formula is C11H12O3S. The van der Waals surface area contributed by atoms with Gasteiger partial charge in [0.1, 0.15) is 0 Å². The molecule has 0 atom stereocenters. The number of methoxy groups -OCH3 is 1. The third kappa shape index (κ3) is 3.09.